The van der Waals surface area contributed by atoms with Crippen LogP contribution in [0.1, 0.15) is 30.0 Å². The van der Waals surface area contributed by atoms with Crippen molar-refractivity contribution < 1.29 is 17.6 Å². The first kappa shape index (κ1) is 14.0. The zero-order valence-corrected chi connectivity index (χ0v) is 9.79. The van der Waals surface area contributed by atoms with Crippen LogP contribution in [0.25, 0.3) is 0 Å². The maximum Gasteiger partial charge on any atom is 0.419 e. The third-order valence-electron chi connectivity index (χ3n) is 2.48. The first-order chi connectivity index (χ1) is 7.90. The Hall–Kier alpha value is -1.10. The van der Waals surface area contributed by atoms with Crippen LogP contribution in [0.2, 0.25) is 0 Å². The van der Waals surface area contributed by atoms with Gasteiger partial charge in [0, 0.05) is 6.54 Å². The lowest BCUT2D eigenvalue weighted by molar-refractivity contribution is -0.140. The number of alkyl halides is 3. The van der Waals surface area contributed by atoms with Gasteiger partial charge in [-0.25, -0.2) is 4.39 Å². The van der Waals surface area contributed by atoms with Crippen molar-refractivity contribution >= 4 is 0 Å². The molecule has 0 amide bonds. The summed E-state index contributed by atoms with van der Waals surface area (Å²) in [7, 11) is 1.65. The molecule has 0 aliphatic rings. The molecule has 0 aliphatic carbocycles. The van der Waals surface area contributed by atoms with E-state index in [2.05, 4.69) is 5.32 Å². The number of benzene rings is 1. The maximum atomic E-state index is 13.3. The van der Waals surface area contributed by atoms with E-state index in [4.69, 9.17) is 0 Å². The third-order valence-corrected chi connectivity index (χ3v) is 2.48. The van der Waals surface area contributed by atoms with Crippen LogP contribution in [0.15, 0.2) is 12.1 Å². The second kappa shape index (κ2) is 5.49. The van der Waals surface area contributed by atoms with E-state index < -0.39 is 17.6 Å². The first-order valence-electron chi connectivity index (χ1n) is 5.43. The fourth-order valence-corrected chi connectivity index (χ4v) is 1.73. The zero-order chi connectivity index (χ0) is 13.1. The molecule has 0 heterocycles. The van der Waals surface area contributed by atoms with Crippen molar-refractivity contribution in [2.75, 3.05) is 7.05 Å². The average molecular weight is 249 g/mol. The van der Waals surface area contributed by atoms with Crippen LogP contribution < -0.4 is 5.32 Å². The number of nitrogens with one attached hydrogen (secondary N) is 1. The van der Waals surface area contributed by atoms with E-state index in [1.165, 1.54) is 0 Å². The molecule has 17 heavy (non-hydrogen) atoms. The summed E-state index contributed by atoms with van der Waals surface area (Å²) in [5.74, 6) is -1.19. The fourth-order valence-electron chi connectivity index (χ4n) is 1.73. The van der Waals surface area contributed by atoms with E-state index in [0.29, 0.717) is 24.1 Å². The van der Waals surface area contributed by atoms with Crippen LogP contribution in [0.5, 0.6) is 0 Å². The Kier molecular flexibility index (Phi) is 4.51. The van der Waals surface area contributed by atoms with E-state index in [9.17, 15) is 17.6 Å². The zero-order valence-electron chi connectivity index (χ0n) is 9.79. The molecule has 0 aliphatic heterocycles. The summed E-state index contributed by atoms with van der Waals surface area (Å²) in [4.78, 5) is 0. The van der Waals surface area contributed by atoms with Gasteiger partial charge in [0.05, 0.1) is 5.56 Å². The molecule has 1 aromatic carbocycles. The van der Waals surface area contributed by atoms with E-state index >= 15 is 0 Å². The van der Waals surface area contributed by atoms with Gasteiger partial charge < -0.3 is 5.32 Å². The van der Waals surface area contributed by atoms with Gasteiger partial charge in [0.2, 0.25) is 0 Å². The molecule has 0 atom stereocenters. The summed E-state index contributed by atoms with van der Waals surface area (Å²) >= 11 is 0. The molecule has 0 saturated carbocycles. The molecule has 0 unspecified atom stereocenters. The van der Waals surface area contributed by atoms with E-state index in [1.807, 2.05) is 6.92 Å². The second-order valence-corrected chi connectivity index (χ2v) is 3.88. The second-order valence-electron chi connectivity index (χ2n) is 3.88. The van der Waals surface area contributed by atoms with Gasteiger partial charge in [0.15, 0.2) is 0 Å². The molecule has 0 aromatic heterocycles. The molecule has 0 bridgehead atoms. The van der Waals surface area contributed by atoms with E-state index in [-0.39, 0.29) is 0 Å². The van der Waals surface area contributed by atoms with Gasteiger partial charge in [-0.15, -0.1) is 0 Å². The summed E-state index contributed by atoms with van der Waals surface area (Å²) in [6.07, 6.45) is -3.30. The maximum absolute atomic E-state index is 13.3. The minimum Gasteiger partial charge on any atom is -0.316 e. The molecule has 0 saturated heterocycles. The predicted molar refractivity (Wildman–Crippen MR) is 58.2 cm³/mol. The highest BCUT2D eigenvalue weighted by molar-refractivity contribution is 5.35. The fraction of sp³-hybridized carbons (Fsp3) is 0.500. The van der Waals surface area contributed by atoms with Gasteiger partial charge >= 0.3 is 6.18 Å². The van der Waals surface area contributed by atoms with Crippen molar-refractivity contribution in [1.82, 2.24) is 5.32 Å². The van der Waals surface area contributed by atoms with Crippen molar-refractivity contribution in [3.05, 3.63) is 34.6 Å². The summed E-state index contributed by atoms with van der Waals surface area (Å²) in [5, 5.41) is 2.79. The number of rotatable bonds is 4. The summed E-state index contributed by atoms with van der Waals surface area (Å²) in [5.41, 5.74) is -0.0574. The lowest BCUT2D eigenvalue weighted by Gasteiger charge is -2.14. The molecule has 96 valence electrons. The topological polar surface area (TPSA) is 12.0 Å². The highest BCUT2D eigenvalue weighted by Gasteiger charge is 2.34. The average Bonchev–Trinajstić information content (AvgIpc) is 2.20. The highest BCUT2D eigenvalue weighted by Crippen LogP contribution is 2.33. The van der Waals surface area contributed by atoms with Crippen LogP contribution in [0.3, 0.4) is 0 Å². The molecule has 1 nitrogen and oxygen atoms in total. The van der Waals surface area contributed by atoms with E-state index in [1.54, 1.807) is 7.05 Å². The lowest BCUT2D eigenvalue weighted by atomic mass is 9.99. The van der Waals surface area contributed by atoms with Gasteiger partial charge in [-0.05, 0) is 36.7 Å². The monoisotopic (exact) mass is 249 g/mol. The van der Waals surface area contributed by atoms with Crippen LogP contribution in [-0.2, 0) is 19.1 Å². The summed E-state index contributed by atoms with van der Waals surface area (Å²) in [6.45, 7) is 2.21. The molecular formula is C12H15F4N. The van der Waals surface area contributed by atoms with Crippen molar-refractivity contribution in [3.63, 3.8) is 0 Å². The third kappa shape index (κ3) is 3.43. The number of halogens is 4. The molecule has 0 spiro atoms. The molecule has 5 heteroatoms. The van der Waals surface area contributed by atoms with Crippen LogP contribution in [-0.4, -0.2) is 7.05 Å². The quantitative estimate of drug-likeness (QED) is 0.805. The Morgan fingerprint density at radius 1 is 1.18 bits per heavy atom. The van der Waals surface area contributed by atoms with Gasteiger partial charge in [0.25, 0.3) is 0 Å². The molecule has 1 N–H and O–H groups in total. The minimum absolute atomic E-state index is 0.304. The van der Waals surface area contributed by atoms with Crippen molar-refractivity contribution in [1.29, 1.82) is 0 Å². The number of hydrogen-bond donors (Lipinski definition) is 1. The van der Waals surface area contributed by atoms with Gasteiger partial charge in [-0.2, -0.15) is 13.2 Å². The first-order valence-corrected chi connectivity index (χ1v) is 5.43. The van der Waals surface area contributed by atoms with Crippen LogP contribution in [0.4, 0.5) is 17.6 Å². The summed E-state index contributed by atoms with van der Waals surface area (Å²) in [6, 6.07) is 1.90. The summed E-state index contributed by atoms with van der Waals surface area (Å²) < 4.78 is 50.9. The Balaban J connectivity index is 3.24. The standard InChI is InChI=1S/C12H15F4N/c1-3-4-8-6-11(13)10(12(14,15)16)5-9(8)7-17-2/h5-6,17H,3-4,7H2,1-2H3. The Morgan fingerprint density at radius 3 is 2.29 bits per heavy atom. The van der Waals surface area contributed by atoms with Crippen molar-refractivity contribution in [2.24, 2.45) is 0 Å². The van der Waals surface area contributed by atoms with Gasteiger partial charge in [0.1, 0.15) is 5.82 Å². The normalized spacial score (nSPS) is 11.9. The van der Waals surface area contributed by atoms with Gasteiger partial charge in [-0.1, -0.05) is 13.3 Å². The molecule has 0 radical (unpaired) electrons. The van der Waals surface area contributed by atoms with Crippen molar-refractivity contribution in [2.45, 2.75) is 32.5 Å². The smallest absolute Gasteiger partial charge is 0.316 e. The molecule has 0 fully saturated rings. The minimum atomic E-state index is -4.64. The molecule has 1 aromatic rings. The molecule has 1 rings (SSSR count). The highest BCUT2D eigenvalue weighted by atomic mass is 19.4. The largest absolute Gasteiger partial charge is 0.419 e. The lowest BCUT2D eigenvalue weighted by Crippen LogP contribution is -2.14. The number of aryl methyl sites for hydroxylation is 1. The SMILES string of the molecule is CCCc1cc(F)c(C(F)(F)F)cc1CNC. The van der Waals surface area contributed by atoms with E-state index in [0.717, 1.165) is 18.6 Å². The predicted octanol–water partition coefficient (Wildman–Crippen LogP) is 3.52. The van der Waals surface area contributed by atoms with Crippen LogP contribution in [0, 0.1) is 5.82 Å². The van der Waals surface area contributed by atoms with Gasteiger partial charge in [-0.3, -0.25) is 0 Å². The molecular weight excluding hydrogens is 234 g/mol. The van der Waals surface area contributed by atoms with Crippen molar-refractivity contribution in [3.8, 4) is 0 Å². The Morgan fingerprint density at radius 2 is 1.82 bits per heavy atom. The Bertz CT molecular complexity index is 385. The van der Waals surface area contributed by atoms with Crippen LogP contribution >= 0.6 is 0 Å². The number of hydrogen-bond acceptors (Lipinski definition) is 1. The Labute approximate surface area is 97.8 Å².